The van der Waals surface area contributed by atoms with Crippen LogP contribution in [0.1, 0.15) is 6.92 Å². The zero-order chi connectivity index (χ0) is 17.5. The van der Waals surface area contributed by atoms with Gasteiger partial charge in [-0.25, -0.2) is 4.79 Å². The van der Waals surface area contributed by atoms with Gasteiger partial charge in [0.05, 0.1) is 0 Å². The maximum atomic E-state index is 12.2. The molecule has 1 N–H and O–H groups in total. The first kappa shape index (κ1) is 18.0. The highest BCUT2D eigenvalue weighted by Crippen LogP contribution is 2.22. The van der Waals surface area contributed by atoms with Gasteiger partial charge in [-0.2, -0.15) is 0 Å². The van der Waals surface area contributed by atoms with Gasteiger partial charge in [-0.15, -0.1) is 0 Å². The second-order valence-corrected chi connectivity index (χ2v) is 7.05. The predicted molar refractivity (Wildman–Crippen MR) is 98.1 cm³/mol. The Morgan fingerprint density at radius 2 is 1.71 bits per heavy atom. The van der Waals surface area contributed by atoms with Crippen molar-refractivity contribution in [3.63, 3.8) is 0 Å². The van der Waals surface area contributed by atoms with Crippen molar-refractivity contribution >= 4 is 22.5 Å². The lowest BCUT2D eigenvalue weighted by Gasteiger charge is -2.24. The first-order chi connectivity index (χ1) is 11.5. The van der Waals surface area contributed by atoms with Crippen LogP contribution in [-0.2, 0) is 10.8 Å². The molecule has 2 aromatic carbocycles. The summed E-state index contributed by atoms with van der Waals surface area (Å²) in [5.41, 5.74) is 0.678. The van der Waals surface area contributed by atoms with Gasteiger partial charge in [0.25, 0.3) is 0 Å². The Morgan fingerprint density at radius 3 is 2.29 bits per heavy atom. The van der Waals surface area contributed by atoms with Crippen LogP contribution in [0.3, 0.4) is 0 Å². The molecule has 128 valence electrons. The third-order valence-electron chi connectivity index (χ3n) is 3.54. The molecule has 6 heteroatoms. The monoisotopic (exact) mass is 346 g/mol. The van der Waals surface area contributed by atoms with Gasteiger partial charge in [0, 0.05) is 41.6 Å². The van der Waals surface area contributed by atoms with Gasteiger partial charge < -0.3 is 15.0 Å². The summed E-state index contributed by atoms with van der Waals surface area (Å²) in [7, 11) is 0.754. The minimum absolute atomic E-state index is 0.100. The van der Waals surface area contributed by atoms with Crippen LogP contribution in [-0.4, -0.2) is 40.2 Å². The number of ether oxygens (including phenoxy) is 1. The van der Waals surface area contributed by atoms with Gasteiger partial charge in [0.15, 0.2) is 0 Å². The quantitative estimate of drug-likeness (QED) is 0.867. The molecule has 5 nitrogen and oxygen atoms in total. The van der Waals surface area contributed by atoms with E-state index in [9.17, 15) is 9.00 Å². The number of hydrogen-bond donors (Lipinski definition) is 1. The Labute approximate surface area is 145 Å². The van der Waals surface area contributed by atoms with Crippen LogP contribution in [0.15, 0.2) is 54.6 Å². The summed E-state index contributed by atoms with van der Waals surface area (Å²) < 4.78 is 17.0. The molecule has 0 fully saturated rings. The second-order valence-electron chi connectivity index (χ2n) is 5.57. The van der Waals surface area contributed by atoms with Gasteiger partial charge >= 0.3 is 6.03 Å². The van der Waals surface area contributed by atoms with Crippen LogP contribution in [0.4, 0.5) is 10.5 Å². The van der Waals surface area contributed by atoms with Gasteiger partial charge in [-0.1, -0.05) is 18.2 Å². The molecular formula is C18H22N2O3S. The van der Waals surface area contributed by atoms with Crippen LogP contribution < -0.4 is 10.1 Å². The molecule has 0 unspecified atom stereocenters. The molecule has 2 amide bonds. The van der Waals surface area contributed by atoms with Crippen molar-refractivity contribution in [2.75, 3.05) is 24.4 Å². The average molecular weight is 346 g/mol. The Balaban J connectivity index is 1.93. The summed E-state index contributed by atoms with van der Waals surface area (Å²) in [6, 6.07) is 16.3. The van der Waals surface area contributed by atoms with Crippen molar-refractivity contribution in [1.82, 2.24) is 4.90 Å². The minimum Gasteiger partial charge on any atom is -0.457 e. The van der Waals surface area contributed by atoms with E-state index in [0.717, 1.165) is 5.75 Å². The standard InChI is InChI=1S/C18H22N2O3S/c1-14(13-24(3)22)20(2)18(21)19-15-9-11-17(12-10-15)23-16-7-5-4-6-8-16/h4-12,14H,13H2,1-3H3,(H,19,21)/t14-,24+/m0/s1. The molecule has 0 aromatic heterocycles. The SMILES string of the molecule is C[C@@H](C[S@@](C)=O)N(C)C(=O)Nc1ccc(Oc2ccccc2)cc1. The maximum Gasteiger partial charge on any atom is 0.321 e. The molecular weight excluding hydrogens is 324 g/mol. The highest BCUT2D eigenvalue weighted by molar-refractivity contribution is 7.84. The van der Waals surface area contributed by atoms with Crippen LogP contribution in [0.5, 0.6) is 11.5 Å². The van der Waals surface area contributed by atoms with Crippen molar-refractivity contribution in [2.24, 2.45) is 0 Å². The molecule has 0 heterocycles. The van der Waals surface area contributed by atoms with Crippen LogP contribution in [0, 0.1) is 0 Å². The molecule has 0 saturated carbocycles. The lowest BCUT2D eigenvalue weighted by molar-refractivity contribution is 0.212. The number of carbonyl (C=O) groups is 1. The lowest BCUT2D eigenvalue weighted by atomic mass is 10.3. The first-order valence-corrected chi connectivity index (χ1v) is 9.35. The molecule has 2 rings (SSSR count). The highest BCUT2D eigenvalue weighted by atomic mass is 32.2. The minimum atomic E-state index is -0.940. The topological polar surface area (TPSA) is 58.6 Å². The number of amides is 2. The first-order valence-electron chi connectivity index (χ1n) is 7.62. The van der Waals surface area contributed by atoms with Gasteiger partial charge in [0.2, 0.25) is 0 Å². The summed E-state index contributed by atoms with van der Waals surface area (Å²) in [5, 5.41) is 2.82. The number of hydrogen-bond acceptors (Lipinski definition) is 3. The van der Waals surface area contributed by atoms with Crippen LogP contribution in [0.25, 0.3) is 0 Å². The number of carbonyl (C=O) groups excluding carboxylic acids is 1. The summed E-state index contributed by atoms with van der Waals surface area (Å²) in [6.45, 7) is 1.87. The fourth-order valence-electron chi connectivity index (χ4n) is 2.09. The van der Waals surface area contributed by atoms with E-state index >= 15 is 0 Å². The maximum absolute atomic E-state index is 12.2. The van der Waals surface area contributed by atoms with Gasteiger partial charge in [0.1, 0.15) is 11.5 Å². The van der Waals surface area contributed by atoms with Crippen LogP contribution >= 0.6 is 0 Å². The second kappa shape index (κ2) is 8.49. The van der Waals surface area contributed by atoms with E-state index in [0.29, 0.717) is 17.2 Å². The van der Waals surface area contributed by atoms with Crippen molar-refractivity contribution in [3.8, 4) is 11.5 Å². The summed E-state index contributed by atoms with van der Waals surface area (Å²) in [4.78, 5) is 13.7. The third-order valence-corrected chi connectivity index (χ3v) is 4.49. The molecule has 0 saturated heterocycles. The van der Waals surface area contributed by atoms with E-state index in [1.54, 1.807) is 42.5 Å². The van der Waals surface area contributed by atoms with Crippen molar-refractivity contribution < 1.29 is 13.7 Å². The number of para-hydroxylation sites is 1. The fraction of sp³-hybridized carbons (Fsp3) is 0.278. The fourth-order valence-corrected chi connectivity index (χ4v) is 3.00. The largest absolute Gasteiger partial charge is 0.457 e. The average Bonchev–Trinajstić information content (AvgIpc) is 2.56. The Hall–Kier alpha value is -2.34. The van der Waals surface area contributed by atoms with Crippen LogP contribution in [0.2, 0.25) is 0 Å². The summed E-state index contributed by atoms with van der Waals surface area (Å²) in [5.74, 6) is 1.91. The number of nitrogens with zero attached hydrogens (tertiary/aromatic N) is 1. The Morgan fingerprint density at radius 1 is 1.12 bits per heavy atom. The zero-order valence-corrected chi connectivity index (χ0v) is 14.9. The van der Waals surface area contributed by atoms with E-state index in [1.165, 1.54) is 0 Å². The number of benzene rings is 2. The Kier molecular flexibility index (Phi) is 6.37. The molecule has 2 aromatic rings. The molecule has 24 heavy (non-hydrogen) atoms. The van der Waals surface area contributed by atoms with Crippen molar-refractivity contribution in [2.45, 2.75) is 13.0 Å². The van der Waals surface area contributed by atoms with E-state index in [4.69, 9.17) is 4.74 Å². The van der Waals surface area contributed by atoms with Crippen molar-refractivity contribution in [3.05, 3.63) is 54.6 Å². The van der Waals surface area contributed by atoms with E-state index in [2.05, 4.69) is 5.32 Å². The summed E-state index contributed by atoms with van der Waals surface area (Å²) >= 11 is 0. The number of anilines is 1. The van der Waals surface area contributed by atoms with Crippen molar-refractivity contribution in [1.29, 1.82) is 0 Å². The number of rotatable bonds is 6. The van der Waals surface area contributed by atoms with Gasteiger partial charge in [-0.05, 0) is 43.3 Å². The number of nitrogens with one attached hydrogen (secondary N) is 1. The Bertz CT molecular complexity index is 689. The smallest absolute Gasteiger partial charge is 0.321 e. The molecule has 0 aliphatic heterocycles. The molecule has 0 spiro atoms. The molecule has 0 radical (unpaired) electrons. The number of urea groups is 1. The zero-order valence-electron chi connectivity index (χ0n) is 14.1. The predicted octanol–water partition coefficient (Wildman–Crippen LogP) is 3.71. The molecule has 0 bridgehead atoms. The normalized spacial score (nSPS) is 13.0. The lowest BCUT2D eigenvalue weighted by Crippen LogP contribution is -2.40. The third kappa shape index (κ3) is 5.38. The highest BCUT2D eigenvalue weighted by Gasteiger charge is 2.16. The summed E-state index contributed by atoms with van der Waals surface area (Å²) in [6.07, 6.45) is 1.63. The van der Waals surface area contributed by atoms with Gasteiger partial charge in [-0.3, -0.25) is 4.21 Å². The van der Waals surface area contributed by atoms with E-state index in [-0.39, 0.29) is 12.1 Å². The van der Waals surface area contributed by atoms with E-state index < -0.39 is 10.8 Å². The molecule has 0 aliphatic rings. The molecule has 0 aliphatic carbocycles. The molecule has 2 atom stereocenters. The van der Waals surface area contributed by atoms with E-state index in [1.807, 2.05) is 37.3 Å².